The highest BCUT2D eigenvalue weighted by Gasteiger charge is 2.18. The minimum Gasteiger partial charge on any atom is -0.256 e. The molecule has 0 N–H and O–H groups in total. The predicted octanol–water partition coefficient (Wildman–Crippen LogP) is 5.91. The van der Waals surface area contributed by atoms with Gasteiger partial charge in [0.05, 0.1) is 11.0 Å². The molecule has 5 rings (SSSR count). The summed E-state index contributed by atoms with van der Waals surface area (Å²) in [6.45, 7) is 0. The van der Waals surface area contributed by atoms with E-state index in [1.807, 2.05) is 24.5 Å². The third kappa shape index (κ3) is 2.51. The summed E-state index contributed by atoms with van der Waals surface area (Å²) < 4.78 is 0. The van der Waals surface area contributed by atoms with Crippen LogP contribution >= 0.6 is 0 Å². The second kappa shape index (κ2) is 6.23. The molecule has 1 atom stereocenters. The number of nitrogens with zero attached hydrogens (tertiary/aromatic N) is 2. The van der Waals surface area contributed by atoms with Gasteiger partial charge in [0, 0.05) is 34.6 Å². The van der Waals surface area contributed by atoms with E-state index >= 15 is 0 Å². The molecule has 1 aliphatic rings. The molecule has 0 aliphatic heterocycles. The summed E-state index contributed by atoms with van der Waals surface area (Å²) in [4.78, 5) is 9.27. The average Bonchev–Trinajstić information content (AvgIpc) is 2.73. The quantitative estimate of drug-likeness (QED) is 0.455. The van der Waals surface area contributed by atoms with Crippen molar-refractivity contribution in [3.63, 3.8) is 0 Å². The zero-order chi connectivity index (χ0) is 17.3. The van der Waals surface area contributed by atoms with Crippen LogP contribution in [0.2, 0.25) is 0 Å². The summed E-state index contributed by atoms with van der Waals surface area (Å²) in [6.07, 6.45) is 11.4. The Morgan fingerprint density at radius 1 is 0.731 bits per heavy atom. The van der Waals surface area contributed by atoms with E-state index in [1.54, 1.807) is 0 Å². The first kappa shape index (κ1) is 15.0. The highest BCUT2D eigenvalue weighted by molar-refractivity contribution is 5.92. The molecular formula is C24H18N2. The third-order valence-electron chi connectivity index (χ3n) is 5.12. The maximum Gasteiger partial charge on any atom is 0.0777 e. The predicted molar refractivity (Wildman–Crippen MR) is 108 cm³/mol. The molecule has 124 valence electrons. The van der Waals surface area contributed by atoms with E-state index < -0.39 is 0 Å². The number of para-hydroxylation sites is 2. The Morgan fingerprint density at radius 2 is 1.42 bits per heavy atom. The van der Waals surface area contributed by atoms with Crippen molar-refractivity contribution >= 4 is 27.4 Å². The van der Waals surface area contributed by atoms with E-state index in [4.69, 9.17) is 0 Å². The fourth-order valence-electron chi connectivity index (χ4n) is 3.88. The van der Waals surface area contributed by atoms with Gasteiger partial charge in [-0.3, -0.25) is 9.97 Å². The van der Waals surface area contributed by atoms with E-state index in [9.17, 15) is 0 Å². The highest BCUT2D eigenvalue weighted by atomic mass is 14.7. The van der Waals surface area contributed by atoms with Gasteiger partial charge in [-0.2, -0.15) is 0 Å². The first-order valence-electron chi connectivity index (χ1n) is 8.95. The van der Waals surface area contributed by atoms with Crippen LogP contribution in [0.4, 0.5) is 0 Å². The van der Waals surface area contributed by atoms with Crippen molar-refractivity contribution in [1.29, 1.82) is 0 Å². The standard InChI is InChI=1S/C24H18N2/c1-8-19(21-12-2-6-17-10-4-14-25-23(17)21)16-20(9-1)22-13-3-7-18-11-5-15-26-24(18)22/h1-15,19H,16H2. The molecule has 2 aromatic carbocycles. The van der Waals surface area contributed by atoms with Crippen molar-refractivity contribution in [2.45, 2.75) is 12.3 Å². The average molecular weight is 334 g/mol. The molecule has 0 bridgehead atoms. The van der Waals surface area contributed by atoms with E-state index in [0.29, 0.717) is 5.92 Å². The summed E-state index contributed by atoms with van der Waals surface area (Å²) in [6, 6.07) is 21.1. The summed E-state index contributed by atoms with van der Waals surface area (Å²) >= 11 is 0. The van der Waals surface area contributed by atoms with Crippen LogP contribution in [0.15, 0.2) is 91.3 Å². The molecular weight excluding hydrogens is 316 g/mol. The van der Waals surface area contributed by atoms with Crippen molar-refractivity contribution in [2.75, 3.05) is 0 Å². The highest BCUT2D eigenvalue weighted by Crippen LogP contribution is 2.37. The first-order valence-corrected chi connectivity index (χ1v) is 8.95. The molecule has 0 spiro atoms. The van der Waals surface area contributed by atoms with E-state index in [2.05, 4.69) is 76.7 Å². The molecule has 2 heterocycles. The van der Waals surface area contributed by atoms with Gasteiger partial charge in [0.15, 0.2) is 0 Å². The van der Waals surface area contributed by atoms with Crippen LogP contribution in [-0.2, 0) is 0 Å². The summed E-state index contributed by atoms with van der Waals surface area (Å²) in [5.41, 5.74) is 6.02. The van der Waals surface area contributed by atoms with E-state index in [0.717, 1.165) is 17.5 Å². The number of aromatic nitrogens is 2. The van der Waals surface area contributed by atoms with Gasteiger partial charge in [0.2, 0.25) is 0 Å². The molecule has 1 aliphatic carbocycles. The van der Waals surface area contributed by atoms with Gasteiger partial charge < -0.3 is 0 Å². The molecule has 2 aromatic heterocycles. The molecule has 0 radical (unpaired) electrons. The monoisotopic (exact) mass is 334 g/mol. The Bertz CT molecular complexity index is 1160. The van der Waals surface area contributed by atoms with Gasteiger partial charge in [-0.05, 0) is 29.7 Å². The molecule has 0 fully saturated rings. The molecule has 2 heteroatoms. The van der Waals surface area contributed by atoms with E-state index in [-0.39, 0.29) is 0 Å². The Kier molecular flexibility index (Phi) is 3.60. The van der Waals surface area contributed by atoms with Gasteiger partial charge >= 0.3 is 0 Å². The summed E-state index contributed by atoms with van der Waals surface area (Å²) in [5.74, 6) is 0.326. The number of benzene rings is 2. The van der Waals surface area contributed by atoms with Gasteiger partial charge in [0.1, 0.15) is 0 Å². The molecule has 4 aromatic rings. The number of fused-ring (bicyclic) bond motifs is 2. The largest absolute Gasteiger partial charge is 0.256 e. The number of hydrogen-bond donors (Lipinski definition) is 0. The Morgan fingerprint density at radius 3 is 2.27 bits per heavy atom. The van der Waals surface area contributed by atoms with Crippen LogP contribution in [0.3, 0.4) is 0 Å². The maximum absolute atomic E-state index is 4.64. The SMILES string of the molecule is C1=CC(c2cccc3cccnc23)CC(c2cccc3cccnc23)=C1. The minimum absolute atomic E-state index is 0.326. The van der Waals surface area contributed by atoms with Gasteiger partial charge in [0.25, 0.3) is 0 Å². The van der Waals surface area contributed by atoms with Crippen LogP contribution in [0.5, 0.6) is 0 Å². The second-order valence-electron chi connectivity index (χ2n) is 6.69. The fraction of sp³-hybridized carbons (Fsp3) is 0.0833. The second-order valence-corrected chi connectivity index (χ2v) is 6.69. The van der Waals surface area contributed by atoms with Crippen LogP contribution in [0, 0.1) is 0 Å². The lowest BCUT2D eigenvalue weighted by Gasteiger charge is -2.21. The Balaban J connectivity index is 1.58. The molecule has 26 heavy (non-hydrogen) atoms. The third-order valence-corrected chi connectivity index (χ3v) is 5.12. The maximum atomic E-state index is 4.64. The van der Waals surface area contributed by atoms with Gasteiger partial charge in [-0.1, -0.05) is 66.8 Å². The lowest BCUT2D eigenvalue weighted by atomic mass is 9.84. The smallest absolute Gasteiger partial charge is 0.0777 e. The fourth-order valence-corrected chi connectivity index (χ4v) is 3.88. The van der Waals surface area contributed by atoms with Crippen molar-refractivity contribution in [1.82, 2.24) is 9.97 Å². The van der Waals surface area contributed by atoms with Crippen LogP contribution in [-0.4, -0.2) is 9.97 Å². The number of allylic oxidation sites excluding steroid dienone is 4. The van der Waals surface area contributed by atoms with Crippen molar-refractivity contribution < 1.29 is 0 Å². The Hall–Kier alpha value is -3.26. The molecule has 1 unspecified atom stereocenters. The normalized spacial score (nSPS) is 16.8. The van der Waals surface area contributed by atoms with Crippen molar-refractivity contribution in [3.05, 3.63) is 102 Å². The number of hydrogen-bond acceptors (Lipinski definition) is 2. The van der Waals surface area contributed by atoms with Crippen molar-refractivity contribution in [2.24, 2.45) is 0 Å². The van der Waals surface area contributed by atoms with Crippen LogP contribution in [0.25, 0.3) is 27.4 Å². The zero-order valence-corrected chi connectivity index (χ0v) is 14.3. The van der Waals surface area contributed by atoms with Crippen molar-refractivity contribution in [3.8, 4) is 0 Å². The lowest BCUT2D eigenvalue weighted by Crippen LogP contribution is -2.03. The first-order chi connectivity index (χ1) is 12.9. The molecule has 0 saturated heterocycles. The Labute approximate surface area is 152 Å². The topological polar surface area (TPSA) is 25.8 Å². The van der Waals surface area contributed by atoms with Crippen LogP contribution < -0.4 is 0 Å². The lowest BCUT2D eigenvalue weighted by molar-refractivity contribution is 0.873. The molecule has 0 amide bonds. The molecule has 2 nitrogen and oxygen atoms in total. The minimum atomic E-state index is 0.326. The van der Waals surface area contributed by atoms with Crippen LogP contribution in [0.1, 0.15) is 23.5 Å². The van der Waals surface area contributed by atoms with Gasteiger partial charge in [-0.25, -0.2) is 0 Å². The van der Waals surface area contributed by atoms with Gasteiger partial charge in [-0.15, -0.1) is 0 Å². The number of pyridine rings is 2. The molecule has 0 saturated carbocycles. The summed E-state index contributed by atoms with van der Waals surface area (Å²) in [7, 11) is 0. The van der Waals surface area contributed by atoms with E-state index in [1.165, 1.54) is 27.5 Å². The summed E-state index contributed by atoms with van der Waals surface area (Å²) in [5, 5.41) is 2.38. The number of rotatable bonds is 2. The zero-order valence-electron chi connectivity index (χ0n) is 14.3.